The third-order valence-electron chi connectivity index (χ3n) is 5.63. The molecule has 30 heavy (non-hydrogen) atoms. The largest absolute Gasteiger partial charge is 0.508 e. The molecule has 3 N–H and O–H groups in total. The van der Waals surface area contributed by atoms with Gasteiger partial charge in [-0.3, -0.25) is 0 Å². The topological polar surface area (TPSA) is 55.7 Å². The molecule has 0 fully saturated rings. The molecular weight excluding hydrogens is 372 g/mol. The second kappa shape index (κ2) is 9.16. The highest BCUT2D eigenvalue weighted by molar-refractivity contribution is 5.88. The van der Waals surface area contributed by atoms with Crippen LogP contribution >= 0.6 is 0 Å². The summed E-state index contributed by atoms with van der Waals surface area (Å²) in [5.41, 5.74) is 5.68. The number of nitrogens with one attached hydrogen (secondary N) is 1. The Morgan fingerprint density at radius 1 is 0.833 bits per heavy atom. The Kier molecular flexibility index (Phi) is 6.17. The first-order chi connectivity index (χ1) is 14.6. The minimum absolute atomic E-state index is 0.0834. The molecule has 3 aromatic carbocycles. The number of nitrogens with zero attached hydrogens (tertiary/aromatic N) is 1. The molecule has 3 aromatic rings. The van der Waals surface area contributed by atoms with Gasteiger partial charge in [0.1, 0.15) is 5.75 Å². The van der Waals surface area contributed by atoms with E-state index in [4.69, 9.17) is 0 Å². The van der Waals surface area contributed by atoms with E-state index in [9.17, 15) is 10.2 Å². The first-order valence-electron chi connectivity index (χ1n) is 10.5. The van der Waals surface area contributed by atoms with Gasteiger partial charge in [0.2, 0.25) is 0 Å². The molecule has 0 amide bonds. The van der Waals surface area contributed by atoms with E-state index >= 15 is 0 Å². The van der Waals surface area contributed by atoms with Crippen LogP contribution < -0.4 is 10.2 Å². The van der Waals surface area contributed by atoms with Crippen molar-refractivity contribution < 1.29 is 10.2 Å². The highest BCUT2D eigenvalue weighted by atomic mass is 16.3. The van der Waals surface area contributed by atoms with E-state index in [1.165, 1.54) is 22.5 Å². The van der Waals surface area contributed by atoms with E-state index in [1.54, 1.807) is 24.3 Å². The van der Waals surface area contributed by atoms with E-state index < -0.39 is 6.10 Å². The van der Waals surface area contributed by atoms with Crippen LogP contribution in [0.15, 0.2) is 72.8 Å². The van der Waals surface area contributed by atoms with Gasteiger partial charge in [-0.1, -0.05) is 60.7 Å². The van der Waals surface area contributed by atoms with Crippen LogP contribution in [0.1, 0.15) is 36.1 Å². The minimum atomic E-state index is -0.616. The van der Waals surface area contributed by atoms with Gasteiger partial charge >= 0.3 is 0 Å². The third kappa shape index (κ3) is 4.40. The van der Waals surface area contributed by atoms with Crippen molar-refractivity contribution >= 4 is 23.5 Å². The maximum atomic E-state index is 10.6. The van der Waals surface area contributed by atoms with Crippen molar-refractivity contribution in [3.8, 4) is 5.75 Å². The maximum Gasteiger partial charge on any atom is 0.115 e. The van der Waals surface area contributed by atoms with E-state index in [0.29, 0.717) is 0 Å². The average Bonchev–Trinajstić information content (AvgIpc) is 2.94. The Morgan fingerprint density at radius 2 is 1.40 bits per heavy atom. The molecule has 2 unspecified atom stereocenters. The molecule has 4 rings (SSSR count). The summed E-state index contributed by atoms with van der Waals surface area (Å²) < 4.78 is 0. The number of hydrogen-bond acceptors (Lipinski definition) is 4. The molecular formula is C26H28N2O2. The molecule has 0 saturated carbocycles. The van der Waals surface area contributed by atoms with Gasteiger partial charge in [-0.2, -0.15) is 0 Å². The first-order valence-corrected chi connectivity index (χ1v) is 10.5. The summed E-state index contributed by atoms with van der Waals surface area (Å²) in [6.45, 7) is 3.66. The Balaban J connectivity index is 1.40. The number of para-hydroxylation sites is 2. The molecule has 2 atom stereocenters. The average molecular weight is 401 g/mol. The van der Waals surface area contributed by atoms with Crippen molar-refractivity contribution in [1.29, 1.82) is 0 Å². The second-order valence-electron chi connectivity index (χ2n) is 7.74. The smallest absolute Gasteiger partial charge is 0.115 e. The predicted molar refractivity (Wildman–Crippen MR) is 124 cm³/mol. The van der Waals surface area contributed by atoms with Gasteiger partial charge in [0.25, 0.3) is 0 Å². The summed E-state index contributed by atoms with van der Waals surface area (Å²) in [5.74, 6) is 0.207. The summed E-state index contributed by atoms with van der Waals surface area (Å²) in [5, 5.41) is 23.4. The molecule has 1 aliphatic heterocycles. The molecule has 4 heteroatoms. The number of aliphatic hydroxyl groups excluding tert-OH is 1. The van der Waals surface area contributed by atoms with Gasteiger partial charge < -0.3 is 20.4 Å². The van der Waals surface area contributed by atoms with Crippen molar-refractivity contribution in [3.05, 3.63) is 89.5 Å². The van der Waals surface area contributed by atoms with Gasteiger partial charge in [0, 0.05) is 24.0 Å². The van der Waals surface area contributed by atoms with Crippen LogP contribution in [0, 0.1) is 0 Å². The fraction of sp³-hybridized carbons (Fsp3) is 0.231. The van der Waals surface area contributed by atoms with Crippen LogP contribution in [0.3, 0.4) is 0 Å². The number of rotatable bonds is 7. The Morgan fingerprint density at radius 3 is 2.00 bits per heavy atom. The highest BCUT2D eigenvalue weighted by Crippen LogP contribution is 2.36. The fourth-order valence-electron chi connectivity index (χ4n) is 3.94. The number of fused-ring (bicyclic) bond motifs is 2. The molecule has 154 valence electrons. The number of phenols is 1. The van der Waals surface area contributed by atoms with Crippen molar-refractivity contribution in [2.24, 2.45) is 0 Å². The summed E-state index contributed by atoms with van der Waals surface area (Å²) >= 11 is 0. The molecule has 0 radical (unpaired) electrons. The molecule has 0 saturated heterocycles. The molecule has 0 bridgehead atoms. The van der Waals surface area contributed by atoms with Crippen LogP contribution in [-0.2, 0) is 0 Å². The monoisotopic (exact) mass is 400 g/mol. The van der Waals surface area contributed by atoms with Gasteiger partial charge in [-0.15, -0.1) is 0 Å². The zero-order valence-electron chi connectivity index (χ0n) is 17.2. The molecule has 0 aliphatic carbocycles. The SMILES string of the molecule is CC(NCCCN1c2ccccc2C=Cc2ccccc21)C(O)c1ccc(O)cc1. The lowest BCUT2D eigenvalue weighted by Gasteiger charge is -2.27. The van der Waals surface area contributed by atoms with Crippen LogP contribution in [-0.4, -0.2) is 29.3 Å². The van der Waals surface area contributed by atoms with Crippen LogP contribution in [0.2, 0.25) is 0 Å². The van der Waals surface area contributed by atoms with Crippen molar-refractivity contribution in [3.63, 3.8) is 0 Å². The fourth-order valence-corrected chi connectivity index (χ4v) is 3.94. The number of benzene rings is 3. The van der Waals surface area contributed by atoms with E-state index in [1.807, 2.05) is 6.92 Å². The summed E-state index contributed by atoms with van der Waals surface area (Å²) in [7, 11) is 0. The number of anilines is 2. The normalized spacial score (nSPS) is 14.5. The Hall–Kier alpha value is -3.08. The number of aromatic hydroxyl groups is 1. The van der Waals surface area contributed by atoms with E-state index in [-0.39, 0.29) is 11.8 Å². The van der Waals surface area contributed by atoms with E-state index in [2.05, 4.69) is 70.9 Å². The number of hydrogen-bond donors (Lipinski definition) is 3. The lowest BCUT2D eigenvalue weighted by molar-refractivity contribution is 0.136. The van der Waals surface area contributed by atoms with Crippen LogP contribution in [0.4, 0.5) is 11.4 Å². The molecule has 0 spiro atoms. The van der Waals surface area contributed by atoms with Crippen molar-refractivity contribution in [2.45, 2.75) is 25.5 Å². The van der Waals surface area contributed by atoms with Crippen LogP contribution in [0.25, 0.3) is 12.2 Å². The summed E-state index contributed by atoms with van der Waals surface area (Å²) in [6, 6.07) is 23.6. The van der Waals surface area contributed by atoms with Gasteiger partial charge in [0.15, 0.2) is 0 Å². The van der Waals surface area contributed by atoms with Crippen LogP contribution in [0.5, 0.6) is 5.75 Å². The Labute approximate surface area is 178 Å². The number of aliphatic hydroxyl groups is 1. The lowest BCUT2D eigenvalue weighted by atomic mass is 10.0. The van der Waals surface area contributed by atoms with Gasteiger partial charge in [0.05, 0.1) is 6.10 Å². The molecule has 1 aliphatic rings. The minimum Gasteiger partial charge on any atom is -0.508 e. The van der Waals surface area contributed by atoms with Crippen molar-refractivity contribution in [1.82, 2.24) is 5.32 Å². The molecule has 4 nitrogen and oxygen atoms in total. The Bertz CT molecular complexity index is 964. The zero-order valence-corrected chi connectivity index (χ0v) is 17.2. The summed E-state index contributed by atoms with van der Waals surface area (Å²) in [4.78, 5) is 2.38. The molecule has 0 aromatic heterocycles. The second-order valence-corrected chi connectivity index (χ2v) is 7.74. The standard InChI is InChI=1S/C26H28N2O2/c1-19(26(30)22-13-15-23(29)16-14-22)27-17-6-18-28-24-9-4-2-7-20(24)11-12-21-8-3-5-10-25(21)28/h2-5,7-16,19,26-27,29-30H,6,17-18H2,1H3. The summed E-state index contributed by atoms with van der Waals surface area (Å²) in [6.07, 6.45) is 4.69. The third-order valence-corrected chi connectivity index (χ3v) is 5.63. The first kappa shape index (κ1) is 20.2. The lowest BCUT2D eigenvalue weighted by Crippen LogP contribution is -2.34. The predicted octanol–water partition coefficient (Wildman–Crippen LogP) is 5.12. The van der Waals surface area contributed by atoms with Gasteiger partial charge in [-0.05, 0) is 60.8 Å². The van der Waals surface area contributed by atoms with Gasteiger partial charge in [-0.25, -0.2) is 0 Å². The van der Waals surface area contributed by atoms with Crippen molar-refractivity contribution in [2.75, 3.05) is 18.0 Å². The maximum absolute atomic E-state index is 10.6. The van der Waals surface area contributed by atoms with E-state index in [0.717, 1.165) is 25.1 Å². The highest BCUT2D eigenvalue weighted by Gasteiger charge is 2.18. The number of phenolic OH excluding ortho intramolecular Hbond substituents is 1. The zero-order chi connectivity index (χ0) is 20.9. The quantitative estimate of drug-likeness (QED) is 0.482. The molecule has 1 heterocycles.